The number of aliphatic hydroxyl groups is 1. The second kappa shape index (κ2) is 8.45. The third-order valence-electron chi connectivity index (χ3n) is 3.63. The van der Waals surface area contributed by atoms with E-state index in [4.69, 9.17) is 0 Å². The van der Waals surface area contributed by atoms with Crippen molar-refractivity contribution in [1.29, 1.82) is 0 Å². The predicted octanol–water partition coefficient (Wildman–Crippen LogP) is 0.0521. The standard InChI is InChI=1S/C13H24NOS.HI/c1-4-14(3,5-2)9-6-7-13(15)12-8-10-16-11-12;/h8,10-11,13,15H,4-7,9H2,1-3H3;1H/q+1;/p-1. The zero-order chi connectivity index (χ0) is 12.0. The van der Waals surface area contributed by atoms with Gasteiger partial charge in [0, 0.05) is 0 Å². The average Bonchev–Trinajstić information content (AvgIpc) is 2.82. The first-order valence-corrected chi connectivity index (χ1v) is 7.09. The summed E-state index contributed by atoms with van der Waals surface area (Å²) in [4.78, 5) is 0. The fraction of sp³-hybridized carbons (Fsp3) is 0.692. The quantitative estimate of drug-likeness (QED) is 0.532. The van der Waals surface area contributed by atoms with E-state index in [0.29, 0.717) is 0 Å². The van der Waals surface area contributed by atoms with E-state index < -0.39 is 0 Å². The SMILES string of the molecule is CC[N+](C)(CC)CCCC(O)c1ccsc1.[I-]. The Morgan fingerprint density at radius 2 is 2.00 bits per heavy atom. The highest BCUT2D eigenvalue weighted by Crippen LogP contribution is 2.21. The monoisotopic (exact) mass is 369 g/mol. The summed E-state index contributed by atoms with van der Waals surface area (Å²) in [6, 6.07) is 2.02. The van der Waals surface area contributed by atoms with Gasteiger partial charge in [0.2, 0.25) is 0 Å². The van der Waals surface area contributed by atoms with Gasteiger partial charge in [-0.15, -0.1) is 0 Å². The second-order valence-corrected chi connectivity index (χ2v) is 5.47. The topological polar surface area (TPSA) is 20.2 Å². The molecule has 1 N–H and O–H groups in total. The van der Waals surface area contributed by atoms with Crippen LogP contribution in [-0.4, -0.2) is 36.3 Å². The Hall–Kier alpha value is 0.350. The molecule has 1 heterocycles. The van der Waals surface area contributed by atoms with Gasteiger partial charge >= 0.3 is 0 Å². The molecule has 0 aliphatic rings. The number of rotatable bonds is 7. The summed E-state index contributed by atoms with van der Waals surface area (Å²) in [6.07, 6.45) is 1.70. The zero-order valence-corrected chi connectivity index (χ0v) is 14.0. The zero-order valence-electron chi connectivity index (χ0n) is 11.0. The predicted molar refractivity (Wildman–Crippen MR) is 70.6 cm³/mol. The molecule has 0 spiro atoms. The van der Waals surface area contributed by atoms with Crippen LogP contribution in [0.15, 0.2) is 16.8 Å². The van der Waals surface area contributed by atoms with Crippen molar-refractivity contribution in [3.05, 3.63) is 22.4 Å². The number of quaternary nitrogens is 1. The molecule has 100 valence electrons. The molecule has 2 nitrogen and oxygen atoms in total. The highest BCUT2D eigenvalue weighted by Gasteiger charge is 2.17. The lowest BCUT2D eigenvalue weighted by molar-refractivity contribution is -0.906. The van der Waals surface area contributed by atoms with E-state index in [9.17, 15) is 5.11 Å². The van der Waals surface area contributed by atoms with Crippen molar-refractivity contribution < 1.29 is 33.6 Å². The lowest BCUT2D eigenvalue weighted by Crippen LogP contribution is -3.00. The summed E-state index contributed by atoms with van der Waals surface area (Å²) >= 11 is 1.65. The van der Waals surface area contributed by atoms with Crippen LogP contribution in [0, 0.1) is 0 Å². The molecular formula is C13H24INOS. The number of halogens is 1. The van der Waals surface area contributed by atoms with Gasteiger partial charge in [-0.05, 0) is 49.1 Å². The maximum absolute atomic E-state index is 9.95. The summed E-state index contributed by atoms with van der Waals surface area (Å²) in [5.41, 5.74) is 1.08. The van der Waals surface area contributed by atoms with Crippen LogP contribution in [0.25, 0.3) is 0 Å². The molecule has 1 rings (SSSR count). The van der Waals surface area contributed by atoms with Gasteiger partial charge in [-0.2, -0.15) is 11.3 Å². The van der Waals surface area contributed by atoms with Gasteiger partial charge in [0.1, 0.15) is 0 Å². The highest BCUT2D eigenvalue weighted by molar-refractivity contribution is 7.07. The van der Waals surface area contributed by atoms with Crippen LogP contribution in [-0.2, 0) is 0 Å². The molecule has 1 atom stereocenters. The molecular weight excluding hydrogens is 345 g/mol. The molecule has 0 aromatic carbocycles. The Morgan fingerprint density at radius 1 is 1.35 bits per heavy atom. The van der Waals surface area contributed by atoms with Gasteiger partial charge < -0.3 is 33.6 Å². The van der Waals surface area contributed by atoms with Crippen LogP contribution in [0.3, 0.4) is 0 Å². The van der Waals surface area contributed by atoms with E-state index in [1.807, 2.05) is 16.8 Å². The largest absolute Gasteiger partial charge is 1.00 e. The normalized spacial score (nSPS) is 13.2. The van der Waals surface area contributed by atoms with Gasteiger partial charge in [-0.1, -0.05) is 0 Å². The fourth-order valence-electron chi connectivity index (χ4n) is 1.84. The molecule has 17 heavy (non-hydrogen) atoms. The van der Waals surface area contributed by atoms with Gasteiger partial charge in [0.25, 0.3) is 0 Å². The van der Waals surface area contributed by atoms with Crippen molar-refractivity contribution in [2.24, 2.45) is 0 Å². The number of aliphatic hydroxyl groups excluding tert-OH is 1. The molecule has 0 bridgehead atoms. The summed E-state index contributed by atoms with van der Waals surface area (Å²) in [5, 5.41) is 14.0. The lowest BCUT2D eigenvalue weighted by Gasteiger charge is -2.32. The van der Waals surface area contributed by atoms with E-state index in [1.165, 1.54) is 13.1 Å². The second-order valence-electron chi connectivity index (χ2n) is 4.69. The van der Waals surface area contributed by atoms with Crippen molar-refractivity contribution in [1.82, 2.24) is 0 Å². The molecule has 0 saturated heterocycles. The van der Waals surface area contributed by atoms with Gasteiger partial charge in [-0.25, -0.2) is 0 Å². The summed E-state index contributed by atoms with van der Waals surface area (Å²) in [7, 11) is 2.29. The summed E-state index contributed by atoms with van der Waals surface area (Å²) in [5.74, 6) is 0. The van der Waals surface area contributed by atoms with Gasteiger partial charge in [0.15, 0.2) is 0 Å². The van der Waals surface area contributed by atoms with E-state index >= 15 is 0 Å². The van der Waals surface area contributed by atoms with E-state index in [0.717, 1.165) is 29.4 Å². The molecule has 0 aliphatic heterocycles. The lowest BCUT2D eigenvalue weighted by atomic mass is 10.1. The fourth-order valence-corrected chi connectivity index (χ4v) is 2.54. The molecule has 4 heteroatoms. The molecule has 1 unspecified atom stereocenters. The molecule has 0 fully saturated rings. The van der Waals surface area contributed by atoms with Crippen molar-refractivity contribution in [2.75, 3.05) is 26.7 Å². The van der Waals surface area contributed by atoms with E-state index in [2.05, 4.69) is 20.9 Å². The van der Waals surface area contributed by atoms with Crippen LogP contribution >= 0.6 is 11.3 Å². The van der Waals surface area contributed by atoms with Crippen molar-refractivity contribution in [3.63, 3.8) is 0 Å². The summed E-state index contributed by atoms with van der Waals surface area (Å²) < 4.78 is 1.11. The van der Waals surface area contributed by atoms with Crippen molar-refractivity contribution in [3.8, 4) is 0 Å². The van der Waals surface area contributed by atoms with Crippen LogP contribution in [0.5, 0.6) is 0 Å². The first kappa shape index (κ1) is 17.4. The first-order valence-electron chi connectivity index (χ1n) is 6.15. The Balaban J connectivity index is 0.00000256. The molecule has 0 aliphatic carbocycles. The third kappa shape index (κ3) is 5.68. The molecule has 0 amide bonds. The maximum Gasteiger partial charge on any atom is 0.0800 e. The highest BCUT2D eigenvalue weighted by atomic mass is 127. The Bertz CT molecular complexity index is 286. The van der Waals surface area contributed by atoms with Crippen LogP contribution in [0.4, 0.5) is 0 Å². The Morgan fingerprint density at radius 3 is 2.47 bits per heavy atom. The Labute approximate surface area is 126 Å². The van der Waals surface area contributed by atoms with Gasteiger partial charge in [-0.3, -0.25) is 0 Å². The summed E-state index contributed by atoms with van der Waals surface area (Å²) in [6.45, 7) is 7.97. The van der Waals surface area contributed by atoms with E-state index in [1.54, 1.807) is 11.3 Å². The Kier molecular flexibility index (Phi) is 8.63. The molecule has 1 aromatic heterocycles. The minimum Gasteiger partial charge on any atom is -1.00 e. The smallest absolute Gasteiger partial charge is 0.0800 e. The first-order chi connectivity index (χ1) is 7.61. The molecule has 0 saturated carbocycles. The third-order valence-corrected chi connectivity index (χ3v) is 4.33. The van der Waals surface area contributed by atoms with Crippen LogP contribution < -0.4 is 24.0 Å². The number of hydrogen-bond donors (Lipinski definition) is 1. The maximum atomic E-state index is 9.95. The van der Waals surface area contributed by atoms with Crippen molar-refractivity contribution in [2.45, 2.75) is 32.8 Å². The van der Waals surface area contributed by atoms with Crippen molar-refractivity contribution >= 4 is 11.3 Å². The number of nitrogens with zero attached hydrogens (tertiary/aromatic N) is 1. The number of hydrogen-bond acceptors (Lipinski definition) is 2. The van der Waals surface area contributed by atoms with Crippen LogP contribution in [0.2, 0.25) is 0 Å². The average molecular weight is 369 g/mol. The molecule has 0 radical (unpaired) electrons. The minimum atomic E-state index is -0.270. The van der Waals surface area contributed by atoms with Gasteiger partial charge in [0.05, 0.1) is 32.8 Å². The minimum absolute atomic E-state index is 0. The van der Waals surface area contributed by atoms with E-state index in [-0.39, 0.29) is 30.1 Å². The number of thiophene rings is 1. The molecule has 1 aromatic rings. The van der Waals surface area contributed by atoms with Crippen LogP contribution in [0.1, 0.15) is 38.4 Å².